The summed E-state index contributed by atoms with van der Waals surface area (Å²) in [5.41, 5.74) is 4.30. The maximum Gasteiger partial charge on any atom is 0.0478 e. The Morgan fingerprint density at radius 1 is 0.955 bits per heavy atom. The smallest absolute Gasteiger partial charge is 0.0478 e. The molecule has 22 heavy (non-hydrogen) atoms. The molecule has 2 heterocycles. The van der Waals surface area contributed by atoms with E-state index < -0.39 is 0 Å². The van der Waals surface area contributed by atoms with Crippen molar-refractivity contribution in [1.29, 1.82) is 0 Å². The summed E-state index contributed by atoms with van der Waals surface area (Å²) in [6, 6.07) is 17.8. The van der Waals surface area contributed by atoms with Crippen LogP contribution in [0.4, 0.5) is 0 Å². The molecule has 0 spiro atoms. The first-order chi connectivity index (χ1) is 10.7. The van der Waals surface area contributed by atoms with Crippen LogP contribution in [0.25, 0.3) is 0 Å². The predicted molar refractivity (Wildman–Crippen MR) is 91.5 cm³/mol. The largest absolute Gasteiger partial charge is 0.303 e. The van der Waals surface area contributed by atoms with Crippen molar-refractivity contribution in [2.24, 2.45) is 0 Å². The molecule has 0 radical (unpaired) electrons. The van der Waals surface area contributed by atoms with Crippen molar-refractivity contribution >= 4 is 11.6 Å². The second-order valence-electron chi connectivity index (χ2n) is 6.51. The third kappa shape index (κ3) is 2.45. The van der Waals surface area contributed by atoms with Crippen LogP contribution in [0.5, 0.6) is 0 Å². The normalized spacial score (nSPS) is 25.5. The number of hydrogen-bond donors (Lipinski definition) is 0. The number of hydrogen-bond acceptors (Lipinski definition) is 2. The number of likely N-dealkylation sites (N-methyl/N-ethyl adjacent to an activating group) is 1. The van der Waals surface area contributed by atoms with Crippen LogP contribution in [0, 0.1) is 0 Å². The maximum absolute atomic E-state index is 6.23. The summed E-state index contributed by atoms with van der Waals surface area (Å²) in [5.74, 6) is 0.426. The van der Waals surface area contributed by atoms with Crippen molar-refractivity contribution in [3.63, 3.8) is 0 Å². The molecule has 0 bridgehead atoms. The topological polar surface area (TPSA) is 6.48 Å². The van der Waals surface area contributed by atoms with Crippen LogP contribution in [0.2, 0.25) is 5.02 Å². The fourth-order valence-electron chi connectivity index (χ4n) is 3.94. The molecule has 2 atom stereocenters. The molecule has 2 aromatic carbocycles. The van der Waals surface area contributed by atoms with Gasteiger partial charge >= 0.3 is 0 Å². The van der Waals surface area contributed by atoms with E-state index in [2.05, 4.69) is 59.3 Å². The average molecular weight is 313 g/mol. The van der Waals surface area contributed by atoms with Gasteiger partial charge in [-0.3, -0.25) is 4.90 Å². The molecule has 0 N–H and O–H groups in total. The van der Waals surface area contributed by atoms with Gasteiger partial charge in [0, 0.05) is 43.2 Å². The number of piperazine rings is 1. The van der Waals surface area contributed by atoms with Gasteiger partial charge in [-0.1, -0.05) is 48.0 Å². The number of benzene rings is 2. The van der Waals surface area contributed by atoms with Gasteiger partial charge in [0.05, 0.1) is 0 Å². The summed E-state index contributed by atoms with van der Waals surface area (Å²) >= 11 is 6.23. The van der Waals surface area contributed by atoms with E-state index >= 15 is 0 Å². The monoisotopic (exact) mass is 312 g/mol. The Labute approximate surface area is 137 Å². The molecule has 0 amide bonds. The molecule has 2 unspecified atom stereocenters. The quantitative estimate of drug-likeness (QED) is 0.791. The molecule has 0 aliphatic carbocycles. The molecule has 2 nitrogen and oxygen atoms in total. The molecule has 3 heteroatoms. The molecule has 0 saturated carbocycles. The number of halogens is 1. The third-order valence-corrected chi connectivity index (χ3v) is 5.33. The predicted octanol–water partition coefficient (Wildman–Crippen LogP) is 3.77. The van der Waals surface area contributed by atoms with Gasteiger partial charge in [0.1, 0.15) is 0 Å². The van der Waals surface area contributed by atoms with Crippen LogP contribution in [-0.2, 0) is 0 Å². The van der Waals surface area contributed by atoms with Gasteiger partial charge in [0.15, 0.2) is 0 Å². The molecule has 1 fully saturated rings. The van der Waals surface area contributed by atoms with Crippen LogP contribution in [-0.4, -0.2) is 43.0 Å². The van der Waals surface area contributed by atoms with Crippen molar-refractivity contribution < 1.29 is 0 Å². The van der Waals surface area contributed by atoms with E-state index in [9.17, 15) is 0 Å². The van der Waals surface area contributed by atoms with E-state index in [0.717, 1.165) is 31.2 Å². The molecular formula is C19H21ClN2. The highest BCUT2D eigenvalue weighted by Crippen LogP contribution is 2.40. The van der Waals surface area contributed by atoms with Gasteiger partial charge < -0.3 is 4.90 Å². The van der Waals surface area contributed by atoms with Crippen LogP contribution >= 0.6 is 11.6 Å². The Morgan fingerprint density at radius 3 is 2.59 bits per heavy atom. The van der Waals surface area contributed by atoms with E-state index in [1.807, 2.05) is 6.07 Å². The first-order valence-corrected chi connectivity index (χ1v) is 8.37. The first kappa shape index (κ1) is 14.3. The number of fused-ring (bicyclic) bond motifs is 3. The lowest BCUT2D eigenvalue weighted by atomic mass is 9.80. The molecule has 114 valence electrons. The highest BCUT2D eigenvalue weighted by molar-refractivity contribution is 6.30. The van der Waals surface area contributed by atoms with Gasteiger partial charge in [0.2, 0.25) is 0 Å². The fourth-order valence-corrected chi connectivity index (χ4v) is 4.14. The molecule has 2 aromatic rings. The third-order valence-electron chi connectivity index (χ3n) is 5.09. The zero-order chi connectivity index (χ0) is 15.1. The number of nitrogens with zero attached hydrogens (tertiary/aromatic N) is 2. The van der Waals surface area contributed by atoms with Gasteiger partial charge in [-0.05, 0) is 35.9 Å². The van der Waals surface area contributed by atoms with Crippen molar-refractivity contribution in [3.8, 4) is 0 Å². The van der Waals surface area contributed by atoms with Crippen LogP contribution in [0.15, 0.2) is 48.5 Å². The summed E-state index contributed by atoms with van der Waals surface area (Å²) in [6.45, 7) is 4.52. The molecule has 2 aliphatic heterocycles. The lowest BCUT2D eigenvalue weighted by molar-refractivity contribution is 0.0772. The van der Waals surface area contributed by atoms with Gasteiger partial charge in [-0.25, -0.2) is 0 Å². The van der Waals surface area contributed by atoms with Gasteiger partial charge in [-0.2, -0.15) is 0 Å². The lowest BCUT2D eigenvalue weighted by Gasteiger charge is -2.46. The highest BCUT2D eigenvalue weighted by atomic mass is 35.5. The zero-order valence-electron chi connectivity index (χ0n) is 12.9. The average Bonchev–Trinajstić information content (AvgIpc) is 2.54. The van der Waals surface area contributed by atoms with Crippen molar-refractivity contribution in [2.45, 2.75) is 12.0 Å². The summed E-state index contributed by atoms with van der Waals surface area (Å²) in [5, 5.41) is 0.829. The van der Waals surface area contributed by atoms with Crippen LogP contribution < -0.4 is 0 Å². The molecule has 2 aliphatic rings. The Hall–Kier alpha value is -1.35. The SMILES string of the molecule is CN1CCN2CC(c3cccc(Cl)c3)c3ccccc3C2C1. The summed E-state index contributed by atoms with van der Waals surface area (Å²) in [6.07, 6.45) is 0. The lowest BCUT2D eigenvalue weighted by Crippen LogP contribution is -2.50. The van der Waals surface area contributed by atoms with E-state index in [4.69, 9.17) is 11.6 Å². The Balaban J connectivity index is 1.79. The highest BCUT2D eigenvalue weighted by Gasteiger charge is 2.36. The second kappa shape index (κ2) is 5.69. The van der Waals surface area contributed by atoms with Crippen LogP contribution in [0.1, 0.15) is 28.7 Å². The first-order valence-electron chi connectivity index (χ1n) is 7.99. The van der Waals surface area contributed by atoms with E-state index in [1.54, 1.807) is 0 Å². The van der Waals surface area contributed by atoms with E-state index in [1.165, 1.54) is 16.7 Å². The Kier molecular flexibility index (Phi) is 3.69. The van der Waals surface area contributed by atoms with E-state index in [0.29, 0.717) is 12.0 Å². The molecule has 4 rings (SSSR count). The molecule has 1 saturated heterocycles. The summed E-state index contributed by atoms with van der Waals surface area (Å²) in [4.78, 5) is 5.09. The van der Waals surface area contributed by atoms with Crippen molar-refractivity contribution in [2.75, 3.05) is 33.2 Å². The standard InChI is InChI=1S/C19H21ClN2/c1-21-9-10-22-12-18(14-5-4-6-15(20)11-14)16-7-2-3-8-17(16)19(22)13-21/h2-8,11,18-19H,9-10,12-13H2,1H3. The summed E-state index contributed by atoms with van der Waals surface area (Å²) < 4.78 is 0. The van der Waals surface area contributed by atoms with Crippen molar-refractivity contribution in [1.82, 2.24) is 9.80 Å². The minimum absolute atomic E-state index is 0.426. The Bertz CT molecular complexity index is 685. The second-order valence-corrected chi connectivity index (χ2v) is 6.95. The fraction of sp³-hybridized carbons (Fsp3) is 0.368. The van der Waals surface area contributed by atoms with Gasteiger partial charge in [-0.15, -0.1) is 0 Å². The molecule has 0 aromatic heterocycles. The minimum atomic E-state index is 0.426. The zero-order valence-corrected chi connectivity index (χ0v) is 13.6. The van der Waals surface area contributed by atoms with Gasteiger partial charge in [0.25, 0.3) is 0 Å². The maximum atomic E-state index is 6.23. The summed E-state index contributed by atoms with van der Waals surface area (Å²) in [7, 11) is 2.23. The van der Waals surface area contributed by atoms with Crippen molar-refractivity contribution in [3.05, 3.63) is 70.2 Å². The Morgan fingerprint density at radius 2 is 1.77 bits per heavy atom. The molecular weight excluding hydrogens is 292 g/mol. The van der Waals surface area contributed by atoms with Crippen LogP contribution in [0.3, 0.4) is 0 Å². The van der Waals surface area contributed by atoms with E-state index in [-0.39, 0.29) is 0 Å². The number of rotatable bonds is 1. The minimum Gasteiger partial charge on any atom is -0.303 e.